The fourth-order valence-electron chi connectivity index (χ4n) is 6.47. The summed E-state index contributed by atoms with van der Waals surface area (Å²) in [6.07, 6.45) is 0. The van der Waals surface area contributed by atoms with Gasteiger partial charge in [0.15, 0.2) is 0 Å². The van der Waals surface area contributed by atoms with Crippen molar-refractivity contribution in [3.8, 4) is 0 Å². The van der Waals surface area contributed by atoms with Gasteiger partial charge in [0.25, 0.3) is 0 Å². The lowest BCUT2D eigenvalue weighted by Gasteiger charge is -2.57. The Morgan fingerprint density at radius 3 is 1.52 bits per heavy atom. The molecule has 7 rings (SSSR count). The van der Waals surface area contributed by atoms with Crippen LogP contribution in [0.15, 0.2) is 66.7 Å². The third-order valence-corrected chi connectivity index (χ3v) is 8.62. The topological polar surface area (TPSA) is 37.4 Å². The fourth-order valence-corrected chi connectivity index (χ4v) is 6.85. The van der Waals surface area contributed by atoms with Gasteiger partial charge in [-0.2, -0.15) is 0 Å². The van der Waals surface area contributed by atoms with Gasteiger partial charge >= 0.3 is 0 Å². The number of imide groups is 1. The van der Waals surface area contributed by atoms with E-state index in [2.05, 4.69) is 38.1 Å². The van der Waals surface area contributed by atoms with Crippen LogP contribution in [0.2, 0.25) is 10.0 Å². The highest BCUT2D eigenvalue weighted by atomic mass is 35.5. The summed E-state index contributed by atoms with van der Waals surface area (Å²) >= 11 is 12.7. The second-order valence-electron chi connectivity index (χ2n) is 9.04. The molecule has 3 aromatic carbocycles. The quantitative estimate of drug-likeness (QED) is 0.446. The second-order valence-corrected chi connectivity index (χ2v) is 9.82. The maximum absolute atomic E-state index is 14.0. The standard InChI is InChI=1S/C26H19Cl2NO2/c1-25-14-8-3-5-10-16(14)26(2,17-11-6-4-9-15(17)25)21-20(25)23(30)29(24(21)31)19-13-7-12-18(27)22(19)28/h3-13,20-21H,1-2H3/t20-,21-,25?,26?/m0/s1. The largest absolute Gasteiger partial charge is 0.274 e. The average Bonchev–Trinajstić information content (AvgIpc) is 3.05. The molecule has 3 aromatic rings. The van der Waals surface area contributed by atoms with Crippen LogP contribution in [0.1, 0.15) is 36.1 Å². The Labute approximate surface area is 190 Å². The molecular weight excluding hydrogens is 429 g/mol. The number of benzene rings is 3. The first-order valence-electron chi connectivity index (χ1n) is 10.3. The number of nitrogens with zero attached hydrogens (tertiary/aromatic N) is 1. The number of hydrogen-bond acceptors (Lipinski definition) is 2. The maximum atomic E-state index is 14.0. The van der Waals surface area contributed by atoms with E-state index in [1.807, 2.05) is 24.3 Å². The zero-order valence-corrected chi connectivity index (χ0v) is 18.5. The summed E-state index contributed by atoms with van der Waals surface area (Å²) in [5.74, 6) is -1.44. The summed E-state index contributed by atoms with van der Waals surface area (Å²) < 4.78 is 0. The first-order chi connectivity index (χ1) is 14.8. The SMILES string of the molecule is CC12c3ccccc3C(C)(c3ccccc31)[C@@H]1C(=O)N(c3cccc(Cl)c3Cl)C(=O)[C@H]12. The van der Waals surface area contributed by atoms with Crippen LogP contribution in [0.25, 0.3) is 0 Å². The smallest absolute Gasteiger partial charge is 0.239 e. The highest BCUT2D eigenvalue weighted by Crippen LogP contribution is 2.66. The van der Waals surface area contributed by atoms with E-state index in [1.165, 1.54) is 4.90 Å². The van der Waals surface area contributed by atoms with Crippen LogP contribution in [0.5, 0.6) is 0 Å². The molecule has 0 unspecified atom stereocenters. The van der Waals surface area contributed by atoms with Crippen LogP contribution in [-0.4, -0.2) is 11.8 Å². The van der Waals surface area contributed by atoms with Gasteiger partial charge in [0.05, 0.1) is 27.6 Å². The van der Waals surface area contributed by atoms with Crippen molar-refractivity contribution in [2.24, 2.45) is 11.8 Å². The van der Waals surface area contributed by atoms with Crippen LogP contribution in [0.4, 0.5) is 5.69 Å². The molecule has 2 atom stereocenters. The minimum absolute atomic E-state index is 0.211. The average molecular weight is 448 g/mol. The van der Waals surface area contributed by atoms with E-state index in [9.17, 15) is 9.59 Å². The molecule has 1 saturated heterocycles. The van der Waals surface area contributed by atoms with E-state index in [0.29, 0.717) is 10.7 Å². The van der Waals surface area contributed by atoms with E-state index in [1.54, 1.807) is 18.2 Å². The number of carbonyl (C=O) groups is 2. The second kappa shape index (κ2) is 5.99. The number of halogens is 2. The number of hydrogen-bond donors (Lipinski definition) is 0. The van der Waals surface area contributed by atoms with Gasteiger partial charge in [0.1, 0.15) is 0 Å². The van der Waals surface area contributed by atoms with Crippen molar-refractivity contribution < 1.29 is 9.59 Å². The van der Waals surface area contributed by atoms with Crippen LogP contribution >= 0.6 is 23.2 Å². The molecule has 0 spiro atoms. The number of anilines is 1. The van der Waals surface area contributed by atoms with Gasteiger partial charge in [0, 0.05) is 10.8 Å². The molecule has 1 fully saturated rings. The molecule has 3 aliphatic carbocycles. The molecule has 31 heavy (non-hydrogen) atoms. The summed E-state index contributed by atoms with van der Waals surface area (Å²) in [5.41, 5.74) is 3.63. The van der Waals surface area contributed by atoms with Gasteiger partial charge in [-0.3, -0.25) is 9.59 Å². The zero-order valence-electron chi connectivity index (χ0n) is 17.0. The normalized spacial score (nSPS) is 30.3. The minimum Gasteiger partial charge on any atom is -0.274 e. The molecule has 3 nitrogen and oxygen atoms in total. The third-order valence-electron chi connectivity index (χ3n) is 7.81. The van der Waals surface area contributed by atoms with Crippen molar-refractivity contribution in [3.63, 3.8) is 0 Å². The first-order valence-corrected chi connectivity index (χ1v) is 11.1. The lowest BCUT2D eigenvalue weighted by molar-refractivity contribution is -0.124. The molecule has 154 valence electrons. The highest BCUT2D eigenvalue weighted by molar-refractivity contribution is 6.45. The number of amides is 2. The Kier molecular flexibility index (Phi) is 3.69. The van der Waals surface area contributed by atoms with Crippen LogP contribution < -0.4 is 4.90 Å². The zero-order chi connectivity index (χ0) is 21.7. The van der Waals surface area contributed by atoms with E-state index in [4.69, 9.17) is 23.2 Å². The Bertz CT molecular complexity index is 1190. The van der Waals surface area contributed by atoms with Gasteiger partial charge in [-0.25, -0.2) is 4.90 Å². The molecule has 5 heteroatoms. The van der Waals surface area contributed by atoms with Gasteiger partial charge in [-0.1, -0.05) is 91.6 Å². The summed E-state index contributed by atoms with van der Waals surface area (Å²) in [7, 11) is 0. The van der Waals surface area contributed by atoms with Gasteiger partial charge in [0.2, 0.25) is 11.8 Å². The number of carbonyl (C=O) groups excluding carboxylic acids is 2. The summed E-state index contributed by atoms with van der Waals surface area (Å²) in [6.45, 7) is 4.21. The van der Waals surface area contributed by atoms with Crippen molar-refractivity contribution in [2.75, 3.05) is 4.90 Å². The van der Waals surface area contributed by atoms with Crippen molar-refractivity contribution >= 4 is 40.7 Å². The maximum Gasteiger partial charge on any atom is 0.239 e. The molecule has 2 bridgehead atoms. The Hall–Kier alpha value is -2.62. The van der Waals surface area contributed by atoms with Crippen LogP contribution in [-0.2, 0) is 20.4 Å². The fraction of sp³-hybridized carbons (Fsp3) is 0.231. The van der Waals surface area contributed by atoms with Gasteiger partial charge in [-0.15, -0.1) is 0 Å². The van der Waals surface area contributed by atoms with Crippen LogP contribution in [0.3, 0.4) is 0 Å². The number of rotatable bonds is 1. The Balaban J connectivity index is 1.67. The minimum atomic E-state index is -0.609. The Morgan fingerprint density at radius 1 is 0.677 bits per heavy atom. The summed E-state index contributed by atoms with van der Waals surface area (Å²) in [6, 6.07) is 21.5. The third kappa shape index (κ3) is 2.02. The highest BCUT2D eigenvalue weighted by Gasteiger charge is 2.70. The van der Waals surface area contributed by atoms with Crippen molar-refractivity contribution in [2.45, 2.75) is 24.7 Å². The predicted molar refractivity (Wildman–Crippen MR) is 122 cm³/mol. The van der Waals surface area contributed by atoms with Crippen LogP contribution in [0, 0.1) is 11.8 Å². The molecule has 0 saturated carbocycles. The lowest BCUT2D eigenvalue weighted by atomic mass is 9.42. The summed E-state index contributed by atoms with van der Waals surface area (Å²) in [4.78, 5) is 29.2. The molecule has 2 amide bonds. The summed E-state index contributed by atoms with van der Waals surface area (Å²) in [5, 5.41) is 0.545. The van der Waals surface area contributed by atoms with Crippen molar-refractivity contribution in [1.29, 1.82) is 0 Å². The molecule has 1 heterocycles. The monoisotopic (exact) mass is 447 g/mol. The van der Waals surface area contributed by atoms with E-state index >= 15 is 0 Å². The molecule has 0 N–H and O–H groups in total. The van der Waals surface area contributed by atoms with Crippen molar-refractivity contribution in [3.05, 3.63) is 99.0 Å². The Morgan fingerprint density at radius 2 is 1.10 bits per heavy atom. The first kappa shape index (κ1) is 19.1. The molecule has 0 radical (unpaired) electrons. The lowest BCUT2D eigenvalue weighted by Crippen LogP contribution is -2.59. The predicted octanol–water partition coefficient (Wildman–Crippen LogP) is 5.74. The van der Waals surface area contributed by atoms with E-state index in [0.717, 1.165) is 22.3 Å². The van der Waals surface area contributed by atoms with Gasteiger partial charge < -0.3 is 0 Å². The van der Waals surface area contributed by atoms with E-state index < -0.39 is 22.7 Å². The molecule has 4 aliphatic rings. The van der Waals surface area contributed by atoms with Gasteiger partial charge in [-0.05, 0) is 34.4 Å². The molecule has 1 aliphatic heterocycles. The molecular formula is C26H19Cl2NO2. The van der Waals surface area contributed by atoms with E-state index in [-0.39, 0.29) is 16.8 Å². The van der Waals surface area contributed by atoms with Crippen molar-refractivity contribution in [1.82, 2.24) is 0 Å². The molecule has 0 aromatic heterocycles.